The number of ether oxygens (including phenoxy) is 1. The van der Waals surface area contributed by atoms with Crippen molar-refractivity contribution in [2.24, 2.45) is 4.99 Å². The van der Waals surface area contributed by atoms with Crippen molar-refractivity contribution < 1.29 is 14.6 Å². The second-order valence-electron chi connectivity index (χ2n) is 6.27. The van der Waals surface area contributed by atoms with Gasteiger partial charge in [0, 0.05) is 12.4 Å². The number of benzene rings is 2. The lowest BCUT2D eigenvalue weighted by atomic mass is 10.0. The molecule has 0 aromatic heterocycles. The van der Waals surface area contributed by atoms with Crippen molar-refractivity contribution in [3.8, 4) is 5.75 Å². The average molecular weight is 452 g/mol. The lowest BCUT2D eigenvalue weighted by molar-refractivity contribution is -0.138. The number of rotatable bonds is 5. The summed E-state index contributed by atoms with van der Waals surface area (Å²) in [5.41, 5.74) is 0.977. The first-order valence-corrected chi connectivity index (χ1v) is 9.77. The Morgan fingerprint density at radius 1 is 1.30 bits per heavy atom. The smallest absolute Gasteiger partial charge is 0.319 e. The minimum Gasteiger partial charge on any atom is -0.496 e. The van der Waals surface area contributed by atoms with Gasteiger partial charge in [-0.25, -0.2) is 0 Å². The summed E-state index contributed by atoms with van der Waals surface area (Å²) < 4.78 is 4.47. The number of carboxylic acids is 1. The van der Waals surface area contributed by atoms with Crippen molar-refractivity contribution in [3.63, 3.8) is 0 Å². The molecule has 27 heavy (non-hydrogen) atoms. The molecule has 0 aliphatic rings. The number of carbonyl (C=O) groups is 1. The third-order valence-electron chi connectivity index (χ3n) is 4.04. The highest BCUT2D eigenvalue weighted by Gasteiger charge is 2.32. The molecular formula is C19H22BrN3O3S. The van der Waals surface area contributed by atoms with E-state index in [1.54, 1.807) is 32.9 Å². The Labute approximate surface area is 171 Å². The fourth-order valence-electron chi connectivity index (χ4n) is 2.53. The fourth-order valence-corrected chi connectivity index (χ4v) is 3.85. The van der Waals surface area contributed by atoms with E-state index in [0.717, 1.165) is 33.8 Å². The van der Waals surface area contributed by atoms with Gasteiger partial charge in [-0.3, -0.25) is 20.1 Å². The molecule has 0 radical (unpaired) electrons. The zero-order valence-electron chi connectivity index (χ0n) is 15.6. The summed E-state index contributed by atoms with van der Waals surface area (Å²) in [6.07, 6.45) is 0. The summed E-state index contributed by atoms with van der Waals surface area (Å²) in [5, 5.41) is 20.0. The Morgan fingerprint density at radius 3 is 2.44 bits per heavy atom. The number of thioether (sulfide) groups is 1. The number of fused-ring (bicyclic) bond motifs is 1. The molecule has 6 nitrogen and oxygen atoms in total. The van der Waals surface area contributed by atoms with Crippen molar-refractivity contribution in [1.82, 2.24) is 4.90 Å². The third-order valence-corrected chi connectivity index (χ3v) is 5.74. The predicted molar refractivity (Wildman–Crippen MR) is 115 cm³/mol. The Hall–Kier alpha value is -2.06. The van der Waals surface area contributed by atoms with Crippen LogP contribution in [0.4, 0.5) is 0 Å². The summed E-state index contributed by atoms with van der Waals surface area (Å²) in [7, 11) is 3.23. The highest BCUT2D eigenvalue weighted by molar-refractivity contribution is 9.18. The molecule has 0 aliphatic heterocycles. The standard InChI is InChI=1S/C19H22BrN3O3S/c1-19(2,16(24)25)27-18(22-3)23(17(20)21)11-12-9-10-15(26-4)14-8-6-5-7-13(12)14/h5-10,21H,11H2,1-4H3,(H,24,25)/b21-17?,22-18+. The molecule has 0 spiro atoms. The van der Waals surface area contributed by atoms with Crippen LogP contribution in [0.15, 0.2) is 41.4 Å². The van der Waals surface area contributed by atoms with E-state index in [2.05, 4.69) is 20.9 Å². The average Bonchev–Trinajstić information content (AvgIpc) is 2.63. The van der Waals surface area contributed by atoms with Crippen LogP contribution in [-0.2, 0) is 11.3 Å². The van der Waals surface area contributed by atoms with Crippen LogP contribution >= 0.6 is 27.7 Å². The molecule has 0 unspecified atom stereocenters. The maximum absolute atomic E-state index is 11.5. The van der Waals surface area contributed by atoms with E-state index in [0.29, 0.717) is 11.7 Å². The Morgan fingerprint density at radius 2 is 1.93 bits per heavy atom. The van der Waals surface area contributed by atoms with Crippen LogP contribution in [0.2, 0.25) is 0 Å². The number of nitrogens with one attached hydrogen (secondary N) is 1. The molecule has 144 valence electrons. The van der Waals surface area contributed by atoms with E-state index in [1.165, 1.54) is 0 Å². The Kier molecular flexibility index (Phi) is 6.89. The number of nitrogens with zero attached hydrogens (tertiary/aromatic N) is 2. The van der Waals surface area contributed by atoms with E-state index < -0.39 is 10.7 Å². The summed E-state index contributed by atoms with van der Waals surface area (Å²) in [6.45, 7) is 3.60. The van der Waals surface area contributed by atoms with Crippen molar-refractivity contribution in [3.05, 3.63) is 42.0 Å². The van der Waals surface area contributed by atoms with Gasteiger partial charge in [-0.05, 0) is 46.8 Å². The molecule has 2 rings (SSSR count). The lowest BCUT2D eigenvalue weighted by Crippen LogP contribution is -2.37. The molecule has 0 heterocycles. The first-order chi connectivity index (χ1) is 12.7. The van der Waals surface area contributed by atoms with Gasteiger partial charge in [0.1, 0.15) is 10.5 Å². The van der Waals surface area contributed by atoms with E-state index in [4.69, 9.17) is 10.1 Å². The maximum atomic E-state index is 11.5. The number of hydrogen-bond acceptors (Lipinski definition) is 5. The quantitative estimate of drug-likeness (QED) is 0.395. The summed E-state index contributed by atoms with van der Waals surface area (Å²) in [6, 6.07) is 11.7. The van der Waals surface area contributed by atoms with Gasteiger partial charge in [-0.1, -0.05) is 42.1 Å². The van der Waals surface area contributed by atoms with Crippen LogP contribution in [0.3, 0.4) is 0 Å². The Bertz CT molecular complexity index is 899. The Balaban J connectivity index is 2.44. The maximum Gasteiger partial charge on any atom is 0.319 e. The summed E-state index contributed by atoms with van der Waals surface area (Å²) in [5.74, 6) is -0.162. The van der Waals surface area contributed by atoms with E-state index in [9.17, 15) is 9.90 Å². The van der Waals surface area contributed by atoms with Crippen LogP contribution < -0.4 is 4.74 Å². The summed E-state index contributed by atoms with van der Waals surface area (Å²) >= 11 is 4.32. The molecule has 2 aromatic carbocycles. The minimum atomic E-state index is -1.07. The van der Waals surface area contributed by atoms with Gasteiger partial charge in [0.25, 0.3) is 0 Å². The SMILES string of the molecule is C/N=C(/SC(C)(C)C(=O)O)N(Cc1ccc(OC)c2ccccc12)C(=N)Br. The van der Waals surface area contributed by atoms with Crippen LogP contribution in [0.5, 0.6) is 5.75 Å². The minimum absolute atomic E-state index is 0.108. The number of aliphatic imine (C=N–C) groups is 1. The van der Waals surface area contributed by atoms with Gasteiger partial charge >= 0.3 is 5.97 Å². The van der Waals surface area contributed by atoms with Crippen LogP contribution in [0, 0.1) is 5.41 Å². The molecule has 2 N–H and O–H groups in total. The fraction of sp³-hybridized carbons (Fsp3) is 0.316. The highest BCUT2D eigenvalue weighted by atomic mass is 79.9. The molecule has 0 atom stereocenters. The van der Waals surface area contributed by atoms with Crippen molar-refractivity contribution in [2.75, 3.05) is 14.2 Å². The second-order valence-corrected chi connectivity index (χ2v) is 8.61. The molecule has 2 aromatic rings. The van der Waals surface area contributed by atoms with Crippen molar-refractivity contribution in [2.45, 2.75) is 25.1 Å². The number of carboxylic acid groups (broad SMARTS) is 1. The number of methoxy groups -OCH3 is 1. The molecule has 8 heteroatoms. The normalized spacial score (nSPS) is 12.1. The molecular weight excluding hydrogens is 430 g/mol. The van der Waals surface area contributed by atoms with Gasteiger partial charge in [-0.15, -0.1) is 0 Å². The predicted octanol–water partition coefficient (Wildman–Crippen LogP) is 4.56. The molecule has 0 aliphatic carbocycles. The number of amidine groups is 2. The van der Waals surface area contributed by atoms with Crippen molar-refractivity contribution >= 4 is 54.3 Å². The molecule has 0 saturated heterocycles. The van der Waals surface area contributed by atoms with Gasteiger partial charge in [0.05, 0.1) is 13.7 Å². The zero-order valence-corrected chi connectivity index (χ0v) is 18.0. The van der Waals surface area contributed by atoms with Gasteiger partial charge in [0.15, 0.2) is 9.91 Å². The second kappa shape index (κ2) is 8.75. The summed E-state index contributed by atoms with van der Waals surface area (Å²) in [4.78, 5) is 17.4. The monoisotopic (exact) mass is 451 g/mol. The van der Waals surface area contributed by atoms with Crippen LogP contribution in [0.25, 0.3) is 10.8 Å². The number of hydrogen-bond donors (Lipinski definition) is 2. The van der Waals surface area contributed by atoms with Gasteiger partial charge in [0.2, 0.25) is 0 Å². The van der Waals surface area contributed by atoms with Gasteiger partial charge < -0.3 is 9.84 Å². The number of aliphatic carboxylic acids is 1. The largest absolute Gasteiger partial charge is 0.496 e. The molecule has 0 saturated carbocycles. The lowest BCUT2D eigenvalue weighted by Gasteiger charge is -2.28. The van der Waals surface area contributed by atoms with E-state index in [1.807, 2.05) is 36.4 Å². The first kappa shape index (κ1) is 21.2. The third kappa shape index (κ3) is 4.81. The zero-order chi connectivity index (χ0) is 20.2. The first-order valence-electron chi connectivity index (χ1n) is 8.16. The van der Waals surface area contributed by atoms with Gasteiger partial charge in [-0.2, -0.15) is 0 Å². The van der Waals surface area contributed by atoms with Crippen LogP contribution in [0.1, 0.15) is 19.4 Å². The topological polar surface area (TPSA) is 86.0 Å². The molecule has 0 bridgehead atoms. The molecule has 0 fully saturated rings. The molecule has 0 amide bonds. The van der Waals surface area contributed by atoms with Crippen molar-refractivity contribution in [1.29, 1.82) is 5.41 Å². The van der Waals surface area contributed by atoms with Crippen LogP contribution in [-0.4, -0.2) is 44.8 Å². The van der Waals surface area contributed by atoms with E-state index in [-0.39, 0.29) is 4.74 Å². The number of halogens is 1. The highest BCUT2D eigenvalue weighted by Crippen LogP contribution is 2.32. The van der Waals surface area contributed by atoms with E-state index >= 15 is 0 Å².